The highest BCUT2D eigenvalue weighted by Crippen LogP contribution is 2.48. The zero-order chi connectivity index (χ0) is 25.0. The Morgan fingerprint density at radius 2 is 1.49 bits per heavy atom. The molecular weight excluding hydrogens is 459 g/mol. The van der Waals surface area contributed by atoms with Crippen LogP contribution in [0.25, 0.3) is 11.1 Å². The van der Waals surface area contributed by atoms with Gasteiger partial charge in [-0.3, -0.25) is 0 Å². The van der Waals surface area contributed by atoms with Gasteiger partial charge in [0.05, 0.1) is 0 Å². The summed E-state index contributed by atoms with van der Waals surface area (Å²) in [6.07, 6.45) is 8.45. The van der Waals surface area contributed by atoms with Crippen LogP contribution in [0.15, 0.2) is 36.4 Å². The molecule has 6 heteroatoms. The normalized spacial score (nSPS) is 24.7. The molecule has 0 aromatic heterocycles. The fourth-order valence-corrected chi connectivity index (χ4v) is 6.20. The molecule has 4 rings (SSSR count). The van der Waals surface area contributed by atoms with E-state index >= 15 is 0 Å². The molecule has 1 nitrogen and oxygen atoms in total. The van der Waals surface area contributed by atoms with Crippen LogP contribution in [0.3, 0.4) is 0 Å². The molecular formula is C29H35F5O. The Morgan fingerprint density at radius 1 is 0.829 bits per heavy atom. The molecule has 35 heavy (non-hydrogen) atoms. The second-order valence-electron chi connectivity index (χ2n) is 10.5. The summed E-state index contributed by atoms with van der Waals surface area (Å²) < 4.78 is 69.9. The summed E-state index contributed by atoms with van der Waals surface area (Å²) in [7, 11) is 0. The number of halogens is 5. The third kappa shape index (κ3) is 6.77. The van der Waals surface area contributed by atoms with Gasteiger partial charge in [-0.1, -0.05) is 63.3 Å². The number of ether oxygens (including phenoxy) is 1. The highest BCUT2D eigenvalue weighted by Gasteiger charge is 2.35. The molecule has 0 radical (unpaired) electrons. The second kappa shape index (κ2) is 11.3. The molecule has 0 amide bonds. The van der Waals surface area contributed by atoms with Crippen LogP contribution in [-0.2, 0) is 0 Å². The number of rotatable bonds is 8. The Morgan fingerprint density at radius 3 is 2.14 bits per heavy atom. The lowest BCUT2D eigenvalue weighted by molar-refractivity contribution is -0.154. The Bertz CT molecular complexity index is 945. The molecule has 0 N–H and O–H groups in total. The Labute approximate surface area is 205 Å². The molecule has 2 aliphatic carbocycles. The third-order valence-corrected chi connectivity index (χ3v) is 8.03. The molecule has 4 atom stereocenters. The maximum absolute atomic E-state index is 14.3. The largest absolute Gasteiger partial charge is 0.478 e. The molecule has 0 aliphatic heterocycles. The molecule has 2 aromatic carbocycles. The summed E-state index contributed by atoms with van der Waals surface area (Å²) in [5.74, 6) is -0.218. The zero-order valence-corrected chi connectivity index (χ0v) is 20.3. The molecule has 0 saturated heterocycles. The van der Waals surface area contributed by atoms with E-state index < -0.39 is 30.2 Å². The first kappa shape index (κ1) is 26.0. The molecule has 2 aliphatic rings. The molecule has 0 heterocycles. The van der Waals surface area contributed by atoms with Crippen LogP contribution in [0.4, 0.5) is 22.0 Å². The van der Waals surface area contributed by atoms with E-state index in [0.29, 0.717) is 11.5 Å². The monoisotopic (exact) mass is 494 g/mol. The van der Waals surface area contributed by atoms with E-state index in [-0.39, 0.29) is 5.56 Å². The van der Waals surface area contributed by atoms with Gasteiger partial charge in [0.25, 0.3) is 0 Å². The molecule has 1 unspecified atom stereocenters. The smallest absolute Gasteiger partial charge is 0.422 e. The van der Waals surface area contributed by atoms with Crippen molar-refractivity contribution >= 4 is 0 Å². The van der Waals surface area contributed by atoms with Crippen molar-refractivity contribution in [3.05, 3.63) is 53.6 Å². The van der Waals surface area contributed by atoms with Crippen LogP contribution in [0, 0.1) is 29.4 Å². The first-order chi connectivity index (χ1) is 16.7. The predicted molar refractivity (Wildman–Crippen MR) is 128 cm³/mol. The van der Waals surface area contributed by atoms with Gasteiger partial charge in [-0.05, 0) is 84.6 Å². The van der Waals surface area contributed by atoms with Gasteiger partial charge in [0.1, 0.15) is 0 Å². The standard InChI is InChI=1S/C29H35F5O/c1-2-3-4-5-19-6-7-24-15-23(13-12-22(24)14-19)20-8-10-21(11-9-20)25-16-26(30)28(27(31)17-25)35-18-29(32,33)34/h8-11,16-17,19,22-24H,2-7,12-15,18H2,1H3/t19?,22-,23-,24-/m1/s1. The van der Waals surface area contributed by atoms with Crippen LogP contribution in [0.2, 0.25) is 0 Å². The highest BCUT2D eigenvalue weighted by atomic mass is 19.4. The molecule has 0 spiro atoms. The van der Waals surface area contributed by atoms with Crippen LogP contribution >= 0.6 is 0 Å². The first-order valence-electron chi connectivity index (χ1n) is 13.0. The van der Waals surface area contributed by atoms with Crippen LogP contribution in [0.1, 0.15) is 82.6 Å². The Hall–Kier alpha value is -2.11. The average molecular weight is 495 g/mol. The van der Waals surface area contributed by atoms with E-state index in [2.05, 4.69) is 11.7 Å². The average Bonchev–Trinajstić information content (AvgIpc) is 2.82. The van der Waals surface area contributed by atoms with Gasteiger partial charge in [-0.2, -0.15) is 13.2 Å². The van der Waals surface area contributed by atoms with E-state index in [0.717, 1.165) is 29.9 Å². The van der Waals surface area contributed by atoms with Gasteiger partial charge < -0.3 is 4.74 Å². The Balaban J connectivity index is 1.37. The van der Waals surface area contributed by atoms with E-state index in [4.69, 9.17) is 0 Å². The summed E-state index contributed by atoms with van der Waals surface area (Å²) in [5.41, 5.74) is 2.15. The van der Waals surface area contributed by atoms with Gasteiger partial charge in [0.2, 0.25) is 0 Å². The zero-order valence-electron chi connectivity index (χ0n) is 20.3. The van der Waals surface area contributed by atoms with Crippen molar-refractivity contribution in [2.75, 3.05) is 6.61 Å². The van der Waals surface area contributed by atoms with E-state index in [9.17, 15) is 22.0 Å². The summed E-state index contributed by atoms with van der Waals surface area (Å²) in [5, 5.41) is 0. The van der Waals surface area contributed by atoms with Gasteiger partial charge >= 0.3 is 6.18 Å². The van der Waals surface area contributed by atoms with E-state index in [1.54, 1.807) is 0 Å². The lowest BCUT2D eigenvalue weighted by atomic mass is 9.63. The van der Waals surface area contributed by atoms with Crippen molar-refractivity contribution in [1.82, 2.24) is 0 Å². The van der Waals surface area contributed by atoms with Crippen LogP contribution < -0.4 is 4.74 Å². The summed E-state index contributed by atoms with van der Waals surface area (Å²) in [6.45, 7) is 0.520. The molecule has 2 fully saturated rings. The number of unbranched alkanes of at least 4 members (excludes halogenated alkanes) is 2. The summed E-state index contributed by atoms with van der Waals surface area (Å²) in [4.78, 5) is 0. The SMILES string of the molecule is CCCCCC1CC[C@@H]2C[C@H](c3ccc(-c4cc(F)c(OCC(F)(F)F)c(F)c4)cc3)CC[C@@H]2C1. The van der Waals surface area contributed by atoms with Gasteiger partial charge in [-0.25, -0.2) is 8.78 Å². The number of hydrogen-bond acceptors (Lipinski definition) is 1. The maximum atomic E-state index is 14.3. The van der Waals surface area contributed by atoms with Crippen molar-refractivity contribution in [2.24, 2.45) is 17.8 Å². The third-order valence-electron chi connectivity index (χ3n) is 8.03. The number of benzene rings is 2. The maximum Gasteiger partial charge on any atom is 0.422 e. The van der Waals surface area contributed by atoms with Crippen LogP contribution in [0.5, 0.6) is 5.75 Å². The summed E-state index contributed by atoms with van der Waals surface area (Å²) >= 11 is 0. The predicted octanol–water partition coefficient (Wildman–Crippen LogP) is 9.45. The van der Waals surface area contributed by atoms with Crippen LogP contribution in [-0.4, -0.2) is 12.8 Å². The highest BCUT2D eigenvalue weighted by molar-refractivity contribution is 5.65. The van der Waals surface area contributed by atoms with Gasteiger partial charge in [0, 0.05) is 0 Å². The number of fused-ring (bicyclic) bond motifs is 1. The van der Waals surface area contributed by atoms with E-state index in [1.165, 1.54) is 69.8 Å². The van der Waals surface area contributed by atoms with Crippen molar-refractivity contribution < 1.29 is 26.7 Å². The molecule has 2 saturated carbocycles. The molecule has 0 bridgehead atoms. The Kier molecular flexibility index (Phi) is 8.38. The van der Waals surface area contributed by atoms with E-state index in [1.807, 2.05) is 24.3 Å². The van der Waals surface area contributed by atoms with Gasteiger partial charge in [0.15, 0.2) is 24.0 Å². The minimum absolute atomic E-state index is 0.274. The number of alkyl halides is 3. The lowest BCUT2D eigenvalue weighted by Crippen LogP contribution is -2.30. The van der Waals surface area contributed by atoms with Crippen molar-refractivity contribution in [3.63, 3.8) is 0 Å². The topological polar surface area (TPSA) is 9.23 Å². The fourth-order valence-electron chi connectivity index (χ4n) is 6.20. The quantitative estimate of drug-likeness (QED) is 0.262. The number of hydrogen-bond donors (Lipinski definition) is 0. The minimum atomic E-state index is -4.67. The molecule has 2 aromatic rings. The minimum Gasteiger partial charge on any atom is -0.478 e. The molecule has 192 valence electrons. The first-order valence-corrected chi connectivity index (χ1v) is 13.0. The van der Waals surface area contributed by atoms with Gasteiger partial charge in [-0.15, -0.1) is 0 Å². The second-order valence-corrected chi connectivity index (χ2v) is 10.5. The van der Waals surface area contributed by atoms with Crippen molar-refractivity contribution in [2.45, 2.75) is 83.2 Å². The van der Waals surface area contributed by atoms with Crippen molar-refractivity contribution in [1.29, 1.82) is 0 Å². The fraction of sp³-hybridized carbons (Fsp3) is 0.586. The summed E-state index contributed by atoms with van der Waals surface area (Å²) in [6, 6.07) is 9.79. The van der Waals surface area contributed by atoms with Crippen molar-refractivity contribution in [3.8, 4) is 16.9 Å². The lowest BCUT2D eigenvalue weighted by Gasteiger charge is -2.42.